The number of anilines is 1. The van der Waals surface area contributed by atoms with Crippen molar-refractivity contribution in [3.63, 3.8) is 0 Å². The number of nitrogens with one attached hydrogen (secondary N) is 1. The Balaban J connectivity index is 2.81. The van der Waals surface area contributed by atoms with Crippen molar-refractivity contribution in [2.24, 2.45) is 0 Å². The quantitative estimate of drug-likeness (QED) is 0.809. The average molecular weight is 343 g/mol. The van der Waals surface area contributed by atoms with E-state index in [-0.39, 0.29) is 5.75 Å². The summed E-state index contributed by atoms with van der Waals surface area (Å²) >= 11 is 8.75. The molecular weight excluding hydrogens is 330 g/mol. The van der Waals surface area contributed by atoms with E-state index in [1.54, 1.807) is 18.2 Å². The molecule has 7 heteroatoms. The van der Waals surface area contributed by atoms with Gasteiger partial charge in [0, 0.05) is 11.9 Å². The number of hydrogen-bond donors (Lipinski definition) is 1. The zero-order valence-corrected chi connectivity index (χ0v) is 12.4. The summed E-state index contributed by atoms with van der Waals surface area (Å²) in [6.07, 6.45) is 0.421. The Morgan fingerprint density at radius 1 is 1.47 bits per heavy atom. The van der Waals surface area contributed by atoms with Gasteiger partial charge in [0.2, 0.25) is 10.0 Å². The van der Waals surface area contributed by atoms with Crippen LogP contribution in [0.15, 0.2) is 22.7 Å². The fourth-order valence-corrected chi connectivity index (χ4v) is 3.01. The van der Waals surface area contributed by atoms with Crippen molar-refractivity contribution in [2.75, 3.05) is 23.5 Å². The second-order valence-electron chi connectivity index (χ2n) is 3.31. The van der Waals surface area contributed by atoms with Crippen LogP contribution in [0.1, 0.15) is 6.42 Å². The third kappa shape index (κ3) is 4.73. The smallest absolute Gasteiger partial charge is 0.232 e. The molecule has 96 valence electrons. The predicted molar refractivity (Wildman–Crippen MR) is 73.4 cm³/mol. The maximum atomic E-state index is 11.6. The highest BCUT2D eigenvalue weighted by Gasteiger charge is 2.11. The number of alkyl halides is 1. The first-order valence-electron chi connectivity index (χ1n) is 4.88. The zero-order valence-electron chi connectivity index (χ0n) is 9.24. The molecule has 17 heavy (non-hydrogen) atoms. The van der Waals surface area contributed by atoms with Crippen molar-refractivity contribution in [3.8, 4) is 5.75 Å². The Morgan fingerprint density at radius 2 is 2.18 bits per heavy atom. The standard InChI is InChI=1S/C10H13BrClNO3S/c1-16-10-7-8(3-4-9(10)11)13-17(14,15)6-2-5-12/h3-4,7,13H,2,5-6H2,1H3. The first-order valence-corrected chi connectivity index (χ1v) is 7.86. The molecule has 0 aromatic heterocycles. The summed E-state index contributed by atoms with van der Waals surface area (Å²) in [5.41, 5.74) is 0.472. The molecule has 0 fully saturated rings. The van der Waals surface area contributed by atoms with Gasteiger partial charge in [0.05, 0.1) is 23.0 Å². The second kappa shape index (κ2) is 6.47. The molecule has 0 heterocycles. The fourth-order valence-electron chi connectivity index (χ4n) is 1.20. The van der Waals surface area contributed by atoms with E-state index in [1.165, 1.54) is 7.11 Å². The zero-order chi connectivity index (χ0) is 12.9. The van der Waals surface area contributed by atoms with Crippen LogP contribution in [0.3, 0.4) is 0 Å². The summed E-state index contributed by atoms with van der Waals surface area (Å²) in [7, 11) is -1.82. The number of halogens is 2. The van der Waals surface area contributed by atoms with Crippen LogP contribution in [-0.2, 0) is 10.0 Å². The molecule has 1 rings (SSSR count). The van der Waals surface area contributed by atoms with Crippen LogP contribution in [-0.4, -0.2) is 27.2 Å². The van der Waals surface area contributed by atoms with E-state index in [9.17, 15) is 8.42 Å². The van der Waals surface area contributed by atoms with Gasteiger partial charge < -0.3 is 4.74 Å². The van der Waals surface area contributed by atoms with Gasteiger partial charge in [0.15, 0.2) is 0 Å². The molecule has 0 aliphatic rings. The van der Waals surface area contributed by atoms with E-state index in [0.717, 1.165) is 4.47 Å². The summed E-state index contributed by atoms with van der Waals surface area (Å²) in [5, 5.41) is 0. The third-order valence-corrected chi connectivity index (χ3v) is 4.27. The maximum Gasteiger partial charge on any atom is 0.232 e. The van der Waals surface area contributed by atoms with Crippen molar-refractivity contribution in [1.29, 1.82) is 0 Å². The Labute approximate surface area is 114 Å². The number of sulfonamides is 1. The lowest BCUT2D eigenvalue weighted by Gasteiger charge is -2.09. The predicted octanol–water partition coefficient (Wildman–Crippen LogP) is 2.83. The summed E-state index contributed by atoms with van der Waals surface area (Å²) in [6.45, 7) is 0. The molecule has 0 atom stereocenters. The van der Waals surface area contributed by atoms with Crippen molar-refractivity contribution >= 4 is 43.2 Å². The Kier molecular flexibility index (Phi) is 5.55. The van der Waals surface area contributed by atoms with E-state index in [1.807, 2.05) is 0 Å². The van der Waals surface area contributed by atoms with Crippen LogP contribution in [0, 0.1) is 0 Å². The summed E-state index contributed by atoms with van der Waals surface area (Å²) in [5.74, 6) is 0.905. The minimum atomic E-state index is -3.34. The monoisotopic (exact) mass is 341 g/mol. The summed E-state index contributed by atoms with van der Waals surface area (Å²) < 4.78 is 31.6. The Hall–Kier alpha value is -0.460. The molecule has 0 bridgehead atoms. The lowest BCUT2D eigenvalue weighted by molar-refractivity contribution is 0.412. The van der Waals surface area contributed by atoms with Crippen molar-refractivity contribution in [3.05, 3.63) is 22.7 Å². The number of methoxy groups -OCH3 is 1. The first kappa shape index (κ1) is 14.6. The normalized spacial score (nSPS) is 11.2. The largest absolute Gasteiger partial charge is 0.495 e. The number of benzene rings is 1. The maximum absolute atomic E-state index is 11.6. The topological polar surface area (TPSA) is 55.4 Å². The number of ether oxygens (including phenoxy) is 1. The summed E-state index contributed by atoms with van der Waals surface area (Å²) in [4.78, 5) is 0. The Bertz CT molecular complexity index is 478. The van der Waals surface area contributed by atoms with Crippen molar-refractivity contribution in [2.45, 2.75) is 6.42 Å². The minimum absolute atomic E-state index is 0.00881. The van der Waals surface area contributed by atoms with E-state index in [4.69, 9.17) is 16.3 Å². The fraction of sp³-hybridized carbons (Fsp3) is 0.400. The van der Waals surface area contributed by atoms with E-state index < -0.39 is 10.0 Å². The highest BCUT2D eigenvalue weighted by molar-refractivity contribution is 9.10. The average Bonchev–Trinajstić information content (AvgIpc) is 2.29. The minimum Gasteiger partial charge on any atom is -0.495 e. The van der Waals surface area contributed by atoms with E-state index >= 15 is 0 Å². The molecule has 1 aromatic carbocycles. The molecule has 0 aliphatic carbocycles. The van der Waals surface area contributed by atoms with E-state index in [0.29, 0.717) is 23.7 Å². The molecule has 1 N–H and O–H groups in total. The highest BCUT2D eigenvalue weighted by Crippen LogP contribution is 2.28. The van der Waals surface area contributed by atoms with Crippen LogP contribution in [0.4, 0.5) is 5.69 Å². The molecule has 1 aromatic rings. The molecule has 0 unspecified atom stereocenters. The third-order valence-electron chi connectivity index (χ3n) is 1.97. The molecule has 0 aliphatic heterocycles. The SMILES string of the molecule is COc1cc(NS(=O)(=O)CCCCl)ccc1Br. The van der Waals surface area contributed by atoms with Gasteiger partial charge in [-0.05, 0) is 34.5 Å². The number of hydrogen-bond acceptors (Lipinski definition) is 3. The molecule has 0 radical (unpaired) electrons. The second-order valence-corrected chi connectivity index (χ2v) is 6.39. The first-order chi connectivity index (χ1) is 7.98. The van der Waals surface area contributed by atoms with Crippen molar-refractivity contribution in [1.82, 2.24) is 0 Å². The van der Waals surface area contributed by atoms with Crippen LogP contribution >= 0.6 is 27.5 Å². The van der Waals surface area contributed by atoms with Gasteiger partial charge in [-0.3, -0.25) is 4.72 Å². The molecule has 0 spiro atoms. The van der Waals surface area contributed by atoms with Gasteiger partial charge in [-0.15, -0.1) is 11.6 Å². The van der Waals surface area contributed by atoms with Gasteiger partial charge in [0.1, 0.15) is 5.75 Å². The van der Waals surface area contributed by atoms with Crippen LogP contribution in [0.25, 0.3) is 0 Å². The van der Waals surface area contributed by atoms with Crippen molar-refractivity contribution < 1.29 is 13.2 Å². The van der Waals surface area contributed by atoms with Gasteiger partial charge in [0.25, 0.3) is 0 Å². The summed E-state index contributed by atoms with van der Waals surface area (Å²) in [6, 6.07) is 4.99. The lowest BCUT2D eigenvalue weighted by Crippen LogP contribution is -2.17. The van der Waals surface area contributed by atoms with E-state index in [2.05, 4.69) is 20.7 Å². The van der Waals surface area contributed by atoms with Gasteiger partial charge in [-0.1, -0.05) is 0 Å². The number of rotatable bonds is 6. The van der Waals surface area contributed by atoms with Gasteiger partial charge in [-0.2, -0.15) is 0 Å². The molecule has 4 nitrogen and oxygen atoms in total. The van der Waals surface area contributed by atoms with Gasteiger partial charge in [-0.25, -0.2) is 8.42 Å². The molecule has 0 saturated heterocycles. The lowest BCUT2D eigenvalue weighted by atomic mass is 10.3. The van der Waals surface area contributed by atoms with Crippen LogP contribution < -0.4 is 9.46 Å². The Morgan fingerprint density at radius 3 is 2.76 bits per heavy atom. The van der Waals surface area contributed by atoms with Crippen LogP contribution in [0.2, 0.25) is 0 Å². The molecule has 0 saturated carbocycles. The van der Waals surface area contributed by atoms with Gasteiger partial charge >= 0.3 is 0 Å². The highest BCUT2D eigenvalue weighted by atomic mass is 79.9. The molecule has 0 amide bonds. The van der Waals surface area contributed by atoms with Crippen LogP contribution in [0.5, 0.6) is 5.75 Å². The molecular formula is C10H13BrClNO3S.